The van der Waals surface area contributed by atoms with Gasteiger partial charge in [-0.15, -0.1) is 0 Å². The maximum Gasteiger partial charge on any atom is 0.182 e. The predicted octanol–water partition coefficient (Wildman–Crippen LogP) is 3.95. The van der Waals surface area contributed by atoms with Crippen molar-refractivity contribution in [3.8, 4) is 0 Å². The first-order valence-corrected chi connectivity index (χ1v) is 8.99. The summed E-state index contributed by atoms with van der Waals surface area (Å²) in [5.74, 6) is 0.0141. The lowest BCUT2D eigenvalue weighted by molar-refractivity contribution is 0.0981. The van der Waals surface area contributed by atoms with Crippen LogP contribution >= 0.6 is 0 Å². The Morgan fingerprint density at radius 3 is 2.09 bits per heavy atom. The van der Waals surface area contributed by atoms with Crippen LogP contribution in [0.2, 0.25) is 0 Å². The molecule has 2 aromatic rings. The van der Waals surface area contributed by atoms with Gasteiger partial charge in [-0.25, -0.2) is 8.42 Å². The highest BCUT2D eigenvalue weighted by molar-refractivity contribution is 7.90. The lowest BCUT2D eigenvalue weighted by Gasteiger charge is -2.06. The monoisotopic (exact) mass is 316 g/mol. The van der Waals surface area contributed by atoms with Crippen molar-refractivity contribution in [2.45, 2.75) is 37.3 Å². The van der Waals surface area contributed by atoms with Gasteiger partial charge in [0.2, 0.25) is 0 Å². The first-order chi connectivity index (χ1) is 10.4. The van der Waals surface area contributed by atoms with Crippen LogP contribution < -0.4 is 0 Å². The van der Waals surface area contributed by atoms with Crippen LogP contribution in [0, 0.1) is 6.92 Å². The molecular formula is C18H20O3S. The van der Waals surface area contributed by atoms with E-state index in [9.17, 15) is 13.2 Å². The van der Waals surface area contributed by atoms with Crippen LogP contribution in [0.3, 0.4) is 0 Å². The van der Waals surface area contributed by atoms with Crippen LogP contribution in [0.1, 0.15) is 41.3 Å². The van der Waals surface area contributed by atoms with E-state index in [4.69, 9.17) is 0 Å². The predicted molar refractivity (Wildman–Crippen MR) is 87.7 cm³/mol. The number of carbonyl (C=O) groups excluding carboxylic acids is 1. The molecule has 0 fully saturated rings. The summed E-state index contributed by atoms with van der Waals surface area (Å²) >= 11 is 0. The van der Waals surface area contributed by atoms with E-state index in [1.807, 2.05) is 38.1 Å². The summed E-state index contributed by atoms with van der Waals surface area (Å²) in [6.45, 7) is 3.91. The molecule has 2 aromatic carbocycles. The minimum Gasteiger partial charge on any atom is -0.294 e. The number of rotatable bonds is 6. The fraction of sp³-hybridized carbons (Fsp3) is 0.278. The number of aryl methyl sites for hydroxylation is 1. The first-order valence-electron chi connectivity index (χ1n) is 7.34. The molecule has 0 amide bonds. The Bertz CT molecular complexity index is 742. The van der Waals surface area contributed by atoms with E-state index in [0.29, 0.717) is 12.0 Å². The molecule has 0 aliphatic rings. The van der Waals surface area contributed by atoms with E-state index in [1.165, 1.54) is 12.1 Å². The van der Waals surface area contributed by atoms with Gasteiger partial charge in [0.15, 0.2) is 15.6 Å². The van der Waals surface area contributed by atoms with Crippen molar-refractivity contribution in [3.63, 3.8) is 0 Å². The van der Waals surface area contributed by atoms with Gasteiger partial charge in [0, 0.05) is 12.0 Å². The molecule has 0 atom stereocenters. The second-order valence-electron chi connectivity index (χ2n) is 5.44. The van der Waals surface area contributed by atoms with Crippen molar-refractivity contribution in [3.05, 3.63) is 65.2 Å². The first kappa shape index (κ1) is 16.4. The topological polar surface area (TPSA) is 51.2 Å². The lowest BCUT2D eigenvalue weighted by atomic mass is 10.1. The fourth-order valence-corrected chi connectivity index (χ4v) is 3.56. The molecule has 0 unspecified atom stereocenters. The largest absolute Gasteiger partial charge is 0.294 e. The number of ketones is 1. The Labute approximate surface area is 131 Å². The molecule has 0 aliphatic carbocycles. The molecule has 0 saturated heterocycles. The molecule has 0 aromatic heterocycles. The van der Waals surface area contributed by atoms with Crippen LogP contribution in [-0.2, 0) is 15.6 Å². The molecule has 0 bridgehead atoms. The summed E-state index contributed by atoms with van der Waals surface area (Å²) in [7, 11) is -3.39. The fourth-order valence-electron chi connectivity index (χ4n) is 2.21. The van der Waals surface area contributed by atoms with Crippen molar-refractivity contribution in [2.24, 2.45) is 0 Å². The molecular weight excluding hydrogens is 296 g/mol. The summed E-state index contributed by atoms with van der Waals surface area (Å²) in [4.78, 5) is 12.0. The van der Waals surface area contributed by atoms with E-state index in [2.05, 4.69) is 0 Å². The maximum atomic E-state index is 12.4. The van der Waals surface area contributed by atoms with Crippen LogP contribution in [0.15, 0.2) is 53.4 Å². The van der Waals surface area contributed by atoms with Gasteiger partial charge in [-0.3, -0.25) is 4.79 Å². The molecule has 4 heteroatoms. The van der Waals surface area contributed by atoms with Crippen LogP contribution in [0.4, 0.5) is 0 Å². The Kier molecular flexibility index (Phi) is 5.14. The molecule has 0 N–H and O–H groups in total. The Morgan fingerprint density at radius 2 is 1.55 bits per heavy atom. The van der Waals surface area contributed by atoms with Gasteiger partial charge >= 0.3 is 0 Å². The Morgan fingerprint density at radius 1 is 0.955 bits per heavy atom. The molecule has 0 aliphatic heterocycles. The minimum absolute atomic E-state index is 0.0322. The van der Waals surface area contributed by atoms with Gasteiger partial charge in [-0.1, -0.05) is 48.9 Å². The SMILES string of the molecule is CCCC(=O)c1ccc(S(=O)(=O)Cc2ccc(C)cc2)cc1. The Balaban J connectivity index is 2.19. The summed E-state index contributed by atoms with van der Waals surface area (Å²) < 4.78 is 24.8. The average Bonchev–Trinajstić information content (AvgIpc) is 2.50. The third kappa shape index (κ3) is 4.04. The van der Waals surface area contributed by atoms with E-state index in [-0.39, 0.29) is 16.4 Å². The van der Waals surface area contributed by atoms with Gasteiger partial charge in [-0.2, -0.15) is 0 Å². The quantitative estimate of drug-likeness (QED) is 0.758. The highest BCUT2D eigenvalue weighted by Crippen LogP contribution is 2.18. The normalized spacial score (nSPS) is 11.4. The molecule has 2 rings (SSSR count). The number of carbonyl (C=O) groups is 1. The van der Waals surface area contributed by atoms with Gasteiger partial charge in [0.25, 0.3) is 0 Å². The second kappa shape index (κ2) is 6.88. The standard InChI is InChI=1S/C18H20O3S/c1-3-4-18(19)16-9-11-17(12-10-16)22(20,21)13-15-7-5-14(2)6-8-15/h5-12H,3-4,13H2,1-2H3. The van der Waals surface area contributed by atoms with E-state index in [0.717, 1.165) is 17.5 Å². The summed E-state index contributed by atoms with van der Waals surface area (Å²) in [6, 6.07) is 13.7. The minimum atomic E-state index is -3.39. The smallest absolute Gasteiger partial charge is 0.182 e. The number of benzene rings is 2. The molecule has 0 radical (unpaired) electrons. The number of hydrogen-bond donors (Lipinski definition) is 0. The molecule has 0 saturated carbocycles. The number of Topliss-reactive ketones (excluding diaryl/α,β-unsaturated/α-hetero) is 1. The third-order valence-corrected chi connectivity index (χ3v) is 5.19. The molecule has 0 spiro atoms. The average molecular weight is 316 g/mol. The van der Waals surface area contributed by atoms with Gasteiger partial charge in [0.1, 0.15) is 0 Å². The van der Waals surface area contributed by atoms with Crippen LogP contribution in [-0.4, -0.2) is 14.2 Å². The number of sulfone groups is 1. The zero-order valence-electron chi connectivity index (χ0n) is 12.9. The maximum absolute atomic E-state index is 12.4. The van der Waals surface area contributed by atoms with Crippen molar-refractivity contribution < 1.29 is 13.2 Å². The van der Waals surface area contributed by atoms with Crippen molar-refractivity contribution in [2.75, 3.05) is 0 Å². The summed E-state index contributed by atoms with van der Waals surface area (Å²) in [6.07, 6.45) is 1.27. The lowest BCUT2D eigenvalue weighted by Crippen LogP contribution is -2.06. The molecule has 22 heavy (non-hydrogen) atoms. The third-order valence-electron chi connectivity index (χ3n) is 3.49. The van der Waals surface area contributed by atoms with Gasteiger partial charge in [-0.05, 0) is 31.0 Å². The molecule has 3 nitrogen and oxygen atoms in total. The van der Waals surface area contributed by atoms with E-state index in [1.54, 1.807) is 12.1 Å². The Hall–Kier alpha value is -1.94. The van der Waals surface area contributed by atoms with Crippen molar-refractivity contribution in [1.29, 1.82) is 0 Å². The van der Waals surface area contributed by atoms with E-state index >= 15 is 0 Å². The highest BCUT2D eigenvalue weighted by atomic mass is 32.2. The zero-order chi connectivity index (χ0) is 16.2. The zero-order valence-corrected chi connectivity index (χ0v) is 13.7. The molecule has 116 valence electrons. The van der Waals surface area contributed by atoms with Gasteiger partial charge < -0.3 is 0 Å². The van der Waals surface area contributed by atoms with Crippen molar-refractivity contribution >= 4 is 15.6 Å². The summed E-state index contributed by atoms with van der Waals surface area (Å²) in [5.41, 5.74) is 2.42. The van der Waals surface area contributed by atoms with Gasteiger partial charge in [0.05, 0.1) is 10.6 Å². The highest BCUT2D eigenvalue weighted by Gasteiger charge is 2.16. The number of hydrogen-bond acceptors (Lipinski definition) is 3. The van der Waals surface area contributed by atoms with E-state index < -0.39 is 9.84 Å². The molecule has 0 heterocycles. The van der Waals surface area contributed by atoms with Crippen LogP contribution in [0.5, 0.6) is 0 Å². The van der Waals surface area contributed by atoms with Crippen molar-refractivity contribution in [1.82, 2.24) is 0 Å². The van der Waals surface area contributed by atoms with Crippen LogP contribution in [0.25, 0.3) is 0 Å². The second-order valence-corrected chi connectivity index (χ2v) is 7.43. The summed E-state index contributed by atoms with van der Waals surface area (Å²) in [5, 5.41) is 0.